The lowest BCUT2D eigenvalue weighted by molar-refractivity contribution is -0.120. The maximum absolute atomic E-state index is 11.0. The van der Waals surface area contributed by atoms with Gasteiger partial charge in [-0.15, -0.1) is 5.10 Å². The highest BCUT2D eigenvalue weighted by atomic mass is 16.3. The van der Waals surface area contributed by atoms with Gasteiger partial charge in [-0.2, -0.15) is 0 Å². The van der Waals surface area contributed by atoms with E-state index >= 15 is 0 Å². The number of hydrogen-bond donors (Lipinski definition) is 3. The molecule has 0 radical (unpaired) electrons. The number of nitrogens with zero attached hydrogens (tertiary/aromatic N) is 3. The van der Waals surface area contributed by atoms with Crippen molar-refractivity contribution in [3.8, 4) is 0 Å². The molecular weight excluding hydrogens is 202 g/mol. The first-order chi connectivity index (χ1) is 6.99. The fourth-order valence-corrected chi connectivity index (χ4v) is 0.906. The summed E-state index contributed by atoms with van der Waals surface area (Å²) < 4.78 is 1.19. The van der Waals surface area contributed by atoms with Crippen LogP contribution in [0.2, 0.25) is 0 Å². The summed E-state index contributed by atoms with van der Waals surface area (Å²) in [6, 6.07) is -0.920. The summed E-state index contributed by atoms with van der Waals surface area (Å²) in [7, 11) is 0. The molecule has 82 valence electrons. The van der Waals surface area contributed by atoms with Crippen LogP contribution in [0.5, 0.6) is 0 Å². The van der Waals surface area contributed by atoms with Gasteiger partial charge in [0.25, 0.3) is 0 Å². The highest BCUT2D eigenvalue weighted by Gasteiger charge is 2.09. The van der Waals surface area contributed by atoms with Crippen LogP contribution in [0.25, 0.3) is 0 Å². The Morgan fingerprint density at radius 3 is 2.87 bits per heavy atom. The van der Waals surface area contributed by atoms with Gasteiger partial charge in [-0.1, -0.05) is 5.21 Å². The van der Waals surface area contributed by atoms with Crippen molar-refractivity contribution in [2.75, 3.05) is 0 Å². The Hall–Kier alpha value is -1.96. The summed E-state index contributed by atoms with van der Waals surface area (Å²) in [5.41, 5.74) is 5.09. The van der Waals surface area contributed by atoms with Crippen molar-refractivity contribution in [3.05, 3.63) is 11.9 Å². The van der Waals surface area contributed by atoms with Gasteiger partial charge < -0.3 is 10.8 Å². The van der Waals surface area contributed by atoms with Crippen molar-refractivity contribution < 1.29 is 14.7 Å². The van der Waals surface area contributed by atoms with Gasteiger partial charge in [0.2, 0.25) is 5.91 Å². The van der Waals surface area contributed by atoms with Crippen LogP contribution in [0.3, 0.4) is 0 Å². The molecule has 0 aliphatic rings. The Kier molecular flexibility index (Phi) is 3.34. The average molecular weight is 213 g/mol. The summed E-state index contributed by atoms with van der Waals surface area (Å²) in [4.78, 5) is 21.4. The highest BCUT2D eigenvalue weighted by molar-refractivity contribution is 5.93. The summed E-state index contributed by atoms with van der Waals surface area (Å²) in [5.74, 6) is -0.593. The van der Waals surface area contributed by atoms with Crippen LogP contribution in [-0.2, 0) is 11.3 Å². The highest BCUT2D eigenvalue weighted by Crippen LogP contribution is 2.05. The maximum atomic E-state index is 11.0. The van der Waals surface area contributed by atoms with Crippen LogP contribution in [0.1, 0.15) is 18.7 Å². The van der Waals surface area contributed by atoms with Crippen LogP contribution in [-0.4, -0.2) is 32.0 Å². The van der Waals surface area contributed by atoms with E-state index in [0.29, 0.717) is 5.69 Å². The van der Waals surface area contributed by atoms with Crippen molar-refractivity contribution >= 4 is 11.9 Å². The summed E-state index contributed by atoms with van der Waals surface area (Å²) in [6.07, 6.45) is 0.656. The molecule has 1 aromatic heterocycles. The molecule has 15 heavy (non-hydrogen) atoms. The second-order valence-electron chi connectivity index (χ2n) is 2.93. The fraction of sp³-hybridized carbons (Fsp3) is 0.429. The normalized spacial score (nSPS) is 12.1. The van der Waals surface area contributed by atoms with E-state index in [-0.39, 0.29) is 6.54 Å². The van der Waals surface area contributed by atoms with Crippen LogP contribution in [0.15, 0.2) is 6.20 Å². The van der Waals surface area contributed by atoms with Crippen LogP contribution >= 0.6 is 0 Å². The second kappa shape index (κ2) is 4.51. The molecule has 8 heteroatoms. The number of aliphatic hydroxyl groups excluding tert-OH is 1. The number of carbonyl (C=O) groups excluding carboxylic acids is 2. The minimum absolute atomic E-state index is 0.178. The Morgan fingerprint density at radius 1 is 1.73 bits per heavy atom. The second-order valence-corrected chi connectivity index (χ2v) is 2.93. The molecule has 1 atom stereocenters. The summed E-state index contributed by atoms with van der Waals surface area (Å²) >= 11 is 0. The molecule has 1 rings (SSSR count). The predicted molar refractivity (Wildman–Crippen MR) is 48.4 cm³/mol. The molecule has 1 heterocycles. The number of nitrogens with one attached hydrogen (secondary N) is 1. The van der Waals surface area contributed by atoms with Crippen molar-refractivity contribution in [1.29, 1.82) is 0 Å². The SMILES string of the molecule is CC(O)c1cn(CC(=O)NC(N)=O)nn1. The zero-order valence-corrected chi connectivity index (χ0v) is 8.04. The molecule has 0 saturated carbocycles. The third-order valence-corrected chi connectivity index (χ3v) is 1.55. The monoisotopic (exact) mass is 213 g/mol. The molecule has 1 unspecified atom stereocenters. The van der Waals surface area contributed by atoms with Gasteiger partial charge >= 0.3 is 6.03 Å². The third-order valence-electron chi connectivity index (χ3n) is 1.55. The van der Waals surface area contributed by atoms with Crippen molar-refractivity contribution in [2.45, 2.75) is 19.6 Å². The van der Waals surface area contributed by atoms with E-state index in [1.165, 1.54) is 17.8 Å². The van der Waals surface area contributed by atoms with Gasteiger partial charge in [-0.3, -0.25) is 10.1 Å². The van der Waals surface area contributed by atoms with Crippen molar-refractivity contribution in [2.24, 2.45) is 5.73 Å². The molecule has 0 aliphatic heterocycles. The third kappa shape index (κ3) is 3.35. The molecule has 8 nitrogen and oxygen atoms in total. The number of carbonyl (C=O) groups is 2. The first-order valence-corrected chi connectivity index (χ1v) is 4.16. The van der Waals surface area contributed by atoms with Gasteiger partial charge in [-0.05, 0) is 6.92 Å². The van der Waals surface area contributed by atoms with Crippen LogP contribution in [0.4, 0.5) is 4.79 Å². The molecule has 0 spiro atoms. The number of hydrogen-bond acceptors (Lipinski definition) is 5. The number of aromatic nitrogens is 3. The van der Waals surface area contributed by atoms with E-state index in [4.69, 9.17) is 10.8 Å². The fourth-order valence-electron chi connectivity index (χ4n) is 0.906. The molecular formula is C7H11N5O3. The number of primary amides is 1. The Balaban J connectivity index is 2.57. The van der Waals surface area contributed by atoms with Gasteiger partial charge in [-0.25, -0.2) is 9.48 Å². The Labute approximate surface area is 85.1 Å². The Morgan fingerprint density at radius 2 is 2.40 bits per heavy atom. The van der Waals surface area contributed by atoms with E-state index in [1.54, 1.807) is 0 Å². The Bertz CT molecular complexity index is 372. The lowest BCUT2D eigenvalue weighted by Crippen LogP contribution is -2.37. The van der Waals surface area contributed by atoms with E-state index in [2.05, 4.69) is 10.3 Å². The molecule has 0 saturated heterocycles. The topological polar surface area (TPSA) is 123 Å². The maximum Gasteiger partial charge on any atom is 0.318 e. The lowest BCUT2D eigenvalue weighted by Gasteiger charge is -1.99. The van der Waals surface area contributed by atoms with E-state index in [0.717, 1.165) is 0 Å². The lowest BCUT2D eigenvalue weighted by atomic mass is 10.3. The van der Waals surface area contributed by atoms with Crippen molar-refractivity contribution in [1.82, 2.24) is 20.3 Å². The first kappa shape index (κ1) is 11.1. The molecule has 3 amide bonds. The molecule has 0 aliphatic carbocycles. The summed E-state index contributed by atoms with van der Waals surface area (Å²) in [6.45, 7) is 1.35. The predicted octanol–water partition coefficient (Wildman–Crippen LogP) is -1.47. The van der Waals surface area contributed by atoms with Crippen LogP contribution < -0.4 is 11.1 Å². The summed E-state index contributed by atoms with van der Waals surface area (Å²) in [5, 5.41) is 18.2. The van der Waals surface area contributed by atoms with Gasteiger partial charge in [0, 0.05) is 0 Å². The average Bonchev–Trinajstić information content (AvgIpc) is 2.50. The number of aliphatic hydroxyl groups is 1. The number of urea groups is 1. The number of imide groups is 1. The molecule has 1 aromatic rings. The number of nitrogens with two attached hydrogens (primary N) is 1. The zero-order chi connectivity index (χ0) is 11.4. The zero-order valence-electron chi connectivity index (χ0n) is 8.04. The van der Waals surface area contributed by atoms with Gasteiger partial charge in [0.15, 0.2) is 0 Å². The van der Waals surface area contributed by atoms with Gasteiger partial charge in [0.1, 0.15) is 12.2 Å². The van der Waals surface area contributed by atoms with Gasteiger partial charge in [0.05, 0.1) is 12.3 Å². The smallest absolute Gasteiger partial charge is 0.318 e. The van der Waals surface area contributed by atoms with E-state index in [9.17, 15) is 9.59 Å². The molecule has 0 aromatic carbocycles. The van der Waals surface area contributed by atoms with Crippen LogP contribution in [0, 0.1) is 0 Å². The minimum atomic E-state index is -0.920. The quantitative estimate of drug-likeness (QED) is 0.565. The molecule has 0 bridgehead atoms. The minimum Gasteiger partial charge on any atom is -0.387 e. The van der Waals surface area contributed by atoms with Crippen molar-refractivity contribution in [3.63, 3.8) is 0 Å². The largest absolute Gasteiger partial charge is 0.387 e. The first-order valence-electron chi connectivity index (χ1n) is 4.16. The standard InChI is InChI=1S/C7H11N5O3/c1-4(13)5-2-12(11-10-5)3-6(14)9-7(8)15/h2,4,13H,3H2,1H3,(H3,8,9,14,15). The number of rotatable bonds is 3. The number of amides is 3. The molecule has 0 fully saturated rings. The van der Waals surface area contributed by atoms with E-state index in [1.807, 2.05) is 5.32 Å². The van der Waals surface area contributed by atoms with E-state index < -0.39 is 18.0 Å². The molecule has 4 N–H and O–H groups in total.